The standard InChI is InChI=1S/C31H33N5O8/c1-3-13-36(14-4-2)30(41)25-18-22(37)17-24(43-25)28(39)33-23(15-19-9-6-5-7-10-19)26(38)29(40)32-21-12-8-11-20(16-21)27-34-31(42)44-35-27/h5-12,16-18,23,26,38H,3-4,13-15H2,1-2H3,(H,32,40)(H,33,39)(H,34,35,42)/t23-,26+/m0/s1. The minimum atomic E-state index is -1.75. The number of aliphatic hydroxyl groups is 1. The summed E-state index contributed by atoms with van der Waals surface area (Å²) in [6.45, 7) is 4.74. The number of carbonyl (C=O) groups is 3. The van der Waals surface area contributed by atoms with Crippen molar-refractivity contribution in [1.29, 1.82) is 0 Å². The Morgan fingerprint density at radius 2 is 1.66 bits per heavy atom. The predicted octanol–water partition coefficient (Wildman–Crippen LogP) is 2.59. The van der Waals surface area contributed by atoms with E-state index in [1.165, 1.54) is 6.07 Å². The second-order valence-corrected chi connectivity index (χ2v) is 10.0. The van der Waals surface area contributed by atoms with Gasteiger partial charge in [-0.2, -0.15) is 0 Å². The van der Waals surface area contributed by atoms with Crippen LogP contribution in [-0.2, 0) is 11.2 Å². The van der Waals surface area contributed by atoms with Gasteiger partial charge >= 0.3 is 5.76 Å². The molecule has 2 heterocycles. The van der Waals surface area contributed by atoms with E-state index in [1.54, 1.807) is 53.4 Å². The molecule has 2 aromatic carbocycles. The number of nitrogens with one attached hydrogen (secondary N) is 3. The average molecular weight is 604 g/mol. The summed E-state index contributed by atoms with van der Waals surface area (Å²) >= 11 is 0. The maximum absolute atomic E-state index is 13.3. The van der Waals surface area contributed by atoms with Crippen LogP contribution in [0.4, 0.5) is 5.69 Å². The van der Waals surface area contributed by atoms with Crippen molar-refractivity contribution in [2.45, 2.75) is 45.3 Å². The summed E-state index contributed by atoms with van der Waals surface area (Å²) in [5.74, 6) is -3.55. The lowest BCUT2D eigenvalue weighted by atomic mass is 10.00. The Morgan fingerprint density at radius 1 is 0.955 bits per heavy atom. The van der Waals surface area contributed by atoms with Crippen LogP contribution >= 0.6 is 0 Å². The Balaban J connectivity index is 1.56. The SMILES string of the molecule is CCCN(CCC)C(=O)c1cc(=O)cc(C(=O)N[C@@H](Cc2ccccc2)[C@@H](O)C(=O)Nc2cccc(-c3noc(=O)[nH]3)c2)o1. The van der Waals surface area contributed by atoms with Crippen molar-refractivity contribution in [1.82, 2.24) is 20.4 Å². The van der Waals surface area contributed by atoms with Crippen LogP contribution in [0.1, 0.15) is 53.4 Å². The molecule has 230 valence electrons. The summed E-state index contributed by atoms with van der Waals surface area (Å²) in [4.78, 5) is 67.3. The lowest BCUT2D eigenvalue weighted by Crippen LogP contribution is -2.50. The molecule has 3 amide bonds. The van der Waals surface area contributed by atoms with Gasteiger partial charge in [-0.3, -0.25) is 28.7 Å². The van der Waals surface area contributed by atoms with Crippen LogP contribution in [0.5, 0.6) is 0 Å². The van der Waals surface area contributed by atoms with Crippen LogP contribution in [0.2, 0.25) is 0 Å². The van der Waals surface area contributed by atoms with E-state index in [4.69, 9.17) is 4.42 Å². The highest BCUT2D eigenvalue weighted by Crippen LogP contribution is 2.19. The molecule has 0 bridgehead atoms. The highest BCUT2D eigenvalue weighted by Gasteiger charge is 2.30. The number of hydrogen-bond donors (Lipinski definition) is 4. The maximum Gasteiger partial charge on any atom is 0.439 e. The van der Waals surface area contributed by atoms with E-state index in [2.05, 4.69) is 25.3 Å². The zero-order valence-electron chi connectivity index (χ0n) is 24.2. The fourth-order valence-corrected chi connectivity index (χ4v) is 4.55. The fourth-order valence-electron chi connectivity index (χ4n) is 4.55. The van der Waals surface area contributed by atoms with Crippen LogP contribution in [0, 0.1) is 0 Å². The van der Waals surface area contributed by atoms with E-state index >= 15 is 0 Å². The Hall–Kier alpha value is -5.30. The molecule has 13 nitrogen and oxygen atoms in total. The smallest absolute Gasteiger partial charge is 0.439 e. The molecule has 0 fully saturated rings. The Bertz CT molecular complexity index is 1710. The molecule has 4 rings (SSSR count). The Labute approximate surface area is 251 Å². The number of carbonyl (C=O) groups excluding carboxylic acids is 3. The lowest BCUT2D eigenvalue weighted by Gasteiger charge is -2.24. The number of rotatable bonds is 13. The molecule has 13 heteroatoms. The highest BCUT2D eigenvalue weighted by molar-refractivity contribution is 5.97. The van der Waals surface area contributed by atoms with Crippen LogP contribution < -0.4 is 21.8 Å². The van der Waals surface area contributed by atoms with E-state index in [-0.39, 0.29) is 23.7 Å². The molecule has 0 saturated carbocycles. The normalized spacial score (nSPS) is 12.2. The minimum absolute atomic E-state index is 0.0466. The van der Waals surface area contributed by atoms with Gasteiger partial charge in [0.05, 0.1) is 6.04 Å². The van der Waals surface area contributed by atoms with Crippen molar-refractivity contribution in [2.24, 2.45) is 0 Å². The van der Waals surface area contributed by atoms with Gasteiger partial charge in [0.25, 0.3) is 17.7 Å². The number of aliphatic hydroxyl groups excluding tert-OH is 1. The lowest BCUT2D eigenvalue weighted by molar-refractivity contribution is -0.125. The summed E-state index contributed by atoms with van der Waals surface area (Å²) in [7, 11) is 0. The first-order valence-electron chi connectivity index (χ1n) is 14.1. The largest absolute Gasteiger partial charge is 0.445 e. The number of H-pyrrole nitrogens is 1. The summed E-state index contributed by atoms with van der Waals surface area (Å²) in [5.41, 5.74) is 0.824. The third-order valence-corrected chi connectivity index (χ3v) is 6.58. The quantitative estimate of drug-likeness (QED) is 0.178. The van der Waals surface area contributed by atoms with Gasteiger partial charge in [0, 0.05) is 36.5 Å². The van der Waals surface area contributed by atoms with Crippen LogP contribution in [0.3, 0.4) is 0 Å². The number of anilines is 1. The number of amides is 3. The summed E-state index contributed by atoms with van der Waals surface area (Å²) in [6.07, 6.45) is -0.316. The minimum Gasteiger partial charge on any atom is -0.445 e. The topological polar surface area (TPSA) is 188 Å². The Morgan fingerprint density at radius 3 is 2.32 bits per heavy atom. The number of nitrogens with zero attached hydrogens (tertiary/aromatic N) is 2. The molecule has 0 saturated heterocycles. The van der Waals surface area contributed by atoms with Crippen LogP contribution in [-0.4, -0.2) is 63.1 Å². The van der Waals surface area contributed by atoms with Gasteiger partial charge in [-0.25, -0.2) is 4.79 Å². The molecule has 4 N–H and O–H groups in total. The molecule has 0 spiro atoms. The first-order valence-corrected chi connectivity index (χ1v) is 14.1. The second kappa shape index (κ2) is 14.7. The predicted molar refractivity (Wildman–Crippen MR) is 160 cm³/mol. The maximum atomic E-state index is 13.3. The van der Waals surface area contributed by atoms with Crippen molar-refractivity contribution < 1.29 is 28.4 Å². The molecular formula is C31H33N5O8. The van der Waals surface area contributed by atoms with Gasteiger partial charge in [-0.1, -0.05) is 61.5 Å². The Kier molecular flexibility index (Phi) is 10.6. The number of hydrogen-bond acceptors (Lipinski definition) is 9. The molecule has 0 radical (unpaired) electrons. The average Bonchev–Trinajstić information content (AvgIpc) is 3.46. The molecule has 4 aromatic rings. The van der Waals surface area contributed by atoms with Crippen molar-refractivity contribution >= 4 is 23.4 Å². The van der Waals surface area contributed by atoms with Crippen LogP contribution in [0.15, 0.2) is 85.3 Å². The van der Waals surface area contributed by atoms with Gasteiger partial charge in [0.2, 0.25) is 0 Å². The van der Waals surface area contributed by atoms with Gasteiger partial charge in [-0.15, -0.1) is 0 Å². The van der Waals surface area contributed by atoms with Crippen molar-refractivity contribution in [3.05, 3.63) is 105 Å². The van der Waals surface area contributed by atoms with E-state index in [9.17, 15) is 29.1 Å². The van der Waals surface area contributed by atoms with E-state index < -0.39 is 46.8 Å². The first-order chi connectivity index (χ1) is 21.2. The second-order valence-electron chi connectivity index (χ2n) is 10.0. The zero-order valence-corrected chi connectivity index (χ0v) is 24.2. The number of aromatic amines is 1. The van der Waals surface area contributed by atoms with Crippen LogP contribution in [0.25, 0.3) is 11.4 Å². The molecule has 0 unspecified atom stereocenters. The van der Waals surface area contributed by atoms with Crippen molar-refractivity contribution in [3.63, 3.8) is 0 Å². The monoisotopic (exact) mass is 603 g/mol. The summed E-state index contributed by atoms with van der Waals surface area (Å²) in [6, 6.07) is 16.0. The molecular weight excluding hydrogens is 570 g/mol. The van der Waals surface area contributed by atoms with Crippen molar-refractivity contribution in [2.75, 3.05) is 18.4 Å². The van der Waals surface area contributed by atoms with Gasteiger partial charge in [-0.05, 0) is 37.0 Å². The van der Waals surface area contributed by atoms with Gasteiger partial charge in [0.1, 0.15) is 0 Å². The highest BCUT2D eigenvalue weighted by atomic mass is 16.5. The molecule has 0 aliphatic carbocycles. The molecule has 2 aromatic heterocycles. The number of aromatic nitrogens is 2. The van der Waals surface area contributed by atoms with E-state index in [0.29, 0.717) is 37.1 Å². The molecule has 44 heavy (non-hydrogen) atoms. The van der Waals surface area contributed by atoms with Crippen molar-refractivity contribution in [3.8, 4) is 11.4 Å². The van der Waals surface area contributed by atoms with Gasteiger partial charge in [0.15, 0.2) is 28.9 Å². The summed E-state index contributed by atoms with van der Waals surface area (Å²) in [5, 5.41) is 19.9. The molecule has 0 aliphatic heterocycles. The third-order valence-electron chi connectivity index (χ3n) is 6.58. The first kappa shape index (κ1) is 31.6. The van der Waals surface area contributed by atoms with E-state index in [1.807, 2.05) is 13.8 Å². The van der Waals surface area contributed by atoms with E-state index in [0.717, 1.165) is 12.1 Å². The third kappa shape index (κ3) is 8.16. The fraction of sp³-hybridized carbons (Fsp3) is 0.290. The number of benzene rings is 2. The van der Waals surface area contributed by atoms with Gasteiger partial charge < -0.3 is 25.1 Å². The molecule has 0 aliphatic rings. The summed E-state index contributed by atoms with van der Waals surface area (Å²) < 4.78 is 10.1. The zero-order chi connectivity index (χ0) is 31.6. The molecule has 2 atom stereocenters.